The third-order valence-electron chi connectivity index (χ3n) is 2.77. The highest BCUT2D eigenvalue weighted by Crippen LogP contribution is 2.15. The first-order valence-corrected chi connectivity index (χ1v) is 5.09. The summed E-state index contributed by atoms with van der Waals surface area (Å²) in [4.78, 5) is 4.05. The van der Waals surface area contributed by atoms with Crippen molar-refractivity contribution in [1.29, 1.82) is 0 Å². The molecule has 0 fully saturated rings. The fraction of sp³-hybridized carbons (Fsp3) is 0.545. The van der Waals surface area contributed by atoms with Gasteiger partial charge in [-0.2, -0.15) is 0 Å². The molecule has 14 heavy (non-hydrogen) atoms. The number of hydrogen-bond donors (Lipinski definition) is 2. The van der Waals surface area contributed by atoms with Crippen molar-refractivity contribution < 1.29 is 0 Å². The molecule has 0 spiro atoms. The van der Waals surface area contributed by atoms with Gasteiger partial charge in [0.1, 0.15) is 0 Å². The Morgan fingerprint density at radius 1 is 1.50 bits per heavy atom. The standard InChI is InChI=1S/C11H19N3/c1-3-8(2)11(13)6-9-7-14-5-4-10(9)12/h4-5,7-8,11H,3,6,13H2,1-2H3,(H2,12,14). The maximum Gasteiger partial charge on any atom is 0.0378 e. The number of nitrogen functional groups attached to an aromatic ring is 1. The Morgan fingerprint density at radius 2 is 2.21 bits per heavy atom. The van der Waals surface area contributed by atoms with Gasteiger partial charge in [0.25, 0.3) is 0 Å². The van der Waals surface area contributed by atoms with Gasteiger partial charge in [0.05, 0.1) is 0 Å². The van der Waals surface area contributed by atoms with Crippen molar-refractivity contribution in [2.45, 2.75) is 32.7 Å². The van der Waals surface area contributed by atoms with Gasteiger partial charge in [0, 0.05) is 24.1 Å². The first-order valence-electron chi connectivity index (χ1n) is 5.09. The van der Waals surface area contributed by atoms with Gasteiger partial charge in [-0.15, -0.1) is 0 Å². The van der Waals surface area contributed by atoms with E-state index in [4.69, 9.17) is 11.5 Å². The lowest BCUT2D eigenvalue weighted by atomic mass is 9.94. The van der Waals surface area contributed by atoms with E-state index in [0.717, 1.165) is 24.1 Å². The van der Waals surface area contributed by atoms with E-state index in [1.807, 2.05) is 6.07 Å². The Bertz CT molecular complexity index is 286. The second-order valence-corrected chi connectivity index (χ2v) is 3.83. The molecule has 0 saturated heterocycles. The molecule has 0 aromatic carbocycles. The van der Waals surface area contributed by atoms with E-state index in [1.165, 1.54) is 0 Å². The molecule has 3 nitrogen and oxygen atoms in total. The molecule has 0 radical (unpaired) electrons. The molecule has 1 rings (SSSR count). The summed E-state index contributed by atoms with van der Waals surface area (Å²) in [6, 6.07) is 1.99. The Morgan fingerprint density at radius 3 is 2.79 bits per heavy atom. The molecule has 1 aromatic heterocycles. The lowest BCUT2D eigenvalue weighted by Gasteiger charge is -2.18. The Balaban J connectivity index is 2.64. The molecule has 3 heteroatoms. The third kappa shape index (κ3) is 2.70. The highest BCUT2D eigenvalue weighted by atomic mass is 14.7. The predicted octanol–water partition coefficient (Wildman–Crippen LogP) is 1.58. The van der Waals surface area contributed by atoms with Crippen molar-refractivity contribution in [2.75, 3.05) is 5.73 Å². The molecular formula is C11H19N3. The first kappa shape index (κ1) is 11.0. The number of anilines is 1. The van der Waals surface area contributed by atoms with Crippen LogP contribution in [0, 0.1) is 5.92 Å². The van der Waals surface area contributed by atoms with Crippen LogP contribution in [0.25, 0.3) is 0 Å². The SMILES string of the molecule is CCC(C)C(N)Cc1cnccc1N. The summed E-state index contributed by atoms with van der Waals surface area (Å²) in [6.45, 7) is 4.31. The minimum atomic E-state index is 0.173. The number of nitrogens with zero attached hydrogens (tertiary/aromatic N) is 1. The monoisotopic (exact) mass is 193 g/mol. The van der Waals surface area contributed by atoms with E-state index < -0.39 is 0 Å². The van der Waals surface area contributed by atoms with E-state index in [0.29, 0.717) is 5.92 Å². The molecule has 78 valence electrons. The van der Waals surface area contributed by atoms with E-state index in [1.54, 1.807) is 12.4 Å². The van der Waals surface area contributed by atoms with E-state index in [9.17, 15) is 0 Å². The minimum Gasteiger partial charge on any atom is -0.398 e. The van der Waals surface area contributed by atoms with Crippen molar-refractivity contribution in [3.05, 3.63) is 24.0 Å². The van der Waals surface area contributed by atoms with E-state index >= 15 is 0 Å². The minimum absolute atomic E-state index is 0.173. The van der Waals surface area contributed by atoms with Crippen LogP contribution in [0.5, 0.6) is 0 Å². The normalized spacial score (nSPS) is 15.1. The molecule has 1 heterocycles. The van der Waals surface area contributed by atoms with Gasteiger partial charge in [-0.05, 0) is 24.0 Å². The first-order chi connectivity index (χ1) is 6.65. The Labute approximate surface area is 85.5 Å². The number of nitrogens with two attached hydrogens (primary N) is 2. The Hall–Kier alpha value is -1.09. The van der Waals surface area contributed by atoms with Crippen LogP contribution in [-0.2, 0) is 6.42 Å². The quantitative estimate of drug-likeness (QED) is 0.763. The topological polar surface area (TPSA) is 64.9 Å². The maximum absolute atomic E-state index is 6.05. The number of rotatable bonds is 4. The van der Waals surface area contributed by atoms with Crippen LogP contribution in [0.1, 0.15) is 25.8 Å². The van der Waals surface area contributed by atoms with E-state index in [-0.39, 0.29) is 6.04 Å². The Kier molecular flexibility index (Phi) is 3.89. The summed E-state index contributed by atoms with van der Waals surface area (Å²) in [7, 11) is 0. The van der Waals surface area contributed by atoms with Gasteiger partial charge >= 0.3 is 0 Å². The zero-order chi connectivity index (χ0) is 10.6. The largest absolute Gasteiger partial charge is 0.398 e. The summed E-state index contributed by atoms with van der Waals surface area (Å²) in [6.07, 6.45) is 5.42. The second-order valence-electron chi connectivity index (χ2n) is 3.83. The molecule has 0 aliphatic rings. The van der Waals surface area contributed by atoms with Gasteiger partial charge in [-0.1, -0.05) is 20.3 Å². The highest BCUT2D eigenvalue weighted by Gasteiger charge is 2.12. The third-order valence-corrected chi connectivity index (χ3v) is 2.77. The molecule has 1 aromatic rings. The molecule has 0 bridgehead atoms. The molecular weight excluding hydrogens is 174 g/mol. The van der Waals surface area contributed by atoms with Crippen LogP contribution in [0.2, 0.25) is 0 Å². The van der Waals surface area contributed by atoms with Crippen molar-refractivity contribution >= 4 is 5.69 Å². The average Bonchev–Trinajstić information content (AvgIpc) is 2.20. The second kappa shape index (κ2) is 4.96. The predicted molar refractivity (Wildman–Crippen MR) is 59.8 cm³/mol. The maximum atomic E-state index is 6.05. The smallest absolute Gasteiger partial charge is 0.0378 e. The molecule has 2 unspecified atom stereocenters. The fourth-order valence-electron chi connectivity index (χ4n) is 1.37. The van der Waals surface area contributed by atoms with Gasteiger partial charge in [-0.3, -0.25) is 4.98 Å². The highest BCUT2D eigenvalue weighted by molar-refractivity contribution is 5.44. The van der Waals surface area contributed by atoms with E-state index in [2.05, 4.69) is 18.8 Å². The molecule has 0 aliphatic heterocycles. The van der Waals surface area contributed by atoms with Gasteiger partial charge in [0.15, 0.2) is 0 Å². The van der Waals surface area contributed by atoms with Crippen molar-refractivity contribution in [2.24, 2.45) is 11.7 Å². The van der Waals surface area contributed by atoms with Crippen LogP contribution in [0.15, 0.2) is 18.5 Å². The number of pyridine rings is 1. The summed E-state index contributed by atoms with van der Waals surface area (Å²) >= 11 is 0. The molecule has 0 saturated carbocycles. The summed E-state index contributed by atoms with van der Waals surface area (Å²) < 4.78 is 0. The van der Waals surface area contributed by atoms with Crippen molar-refractivity contribution in [1.82, 2.24) is 4.98 Å². The van der Waals surface area contributed by atoms with Gasteiger partial charge in [-0.25, -0.2) is 0 Å². The van der Waals surface area contributed by atoms with Crippen molar-refractivity contribution in [3.8, 4) is 0 Å². The number of aromatic nitrogens is 1. The van der Waals surface area contributed by atoms with Crippen LogP contribution < -0.4 is 11.5 Å². The molecule has 2 atom stereocenters. The van der Waals surface area contributed by atoms with Crippen LogP contribution in [0.4, 0.5) is 5.69 Å². The summed E-state index contributed by atoms with van der Waals surface area (Å²) in [5, 5.41) is 0. The summed E-state index contributed by atoms with van der Waals surface area (Å²) in [5.74, 6) is 0.523. The molecule has 0 amide bonds. The average molecular weight is 193 g/mol. The van der Waals surface area contributed by atoms with Crippen LogP contribution in [0.3, 0.4) is 0 Å². The molecule has 4 N–H and O–H groups in total. The summed E-state index contributed by atoms with van der Waals surface area (Å²) in [5.41, 5.74) is 13.7. The van der Waals surface area contributed by atoms with Gasteiger partial charge < -0.3 is 11.5 Å². The fourth-order valence-corrected chi connectivity index (χ4v) is 1.37. The zero-order valence-corrected chi connectivity index (χ0v) is 8.90. The van der Waals surface area contributed by atoms with Crippen molar-refractivity contribution in [3.63, 3.8) is 0 Å². The van der Waals surface area contributed by atoms with Crippen LogP contribution in [-0.4, -0.2) is 11.0 Å². The lowest BCUT2D eigenvalue weighted by Crippen LogP contribution is -2.30. The van der Waals surface area contributed by atoms with Gasteiger partial charge in [0.2, 0.25) is 0 Å². The number of hydrogen-bond acceptors (Lipinski definition) is 3. The zero-order valence-electron chi connectivity index (χ0n) is 8.90. The molecule has 0 aliphatic carbocycles. The van der Waals surface area contributed by atoms with Crippen LogP contribution >= 0.6 is 0 Å². The lowest BCUT2D eigenvalue weighted by molar-refractivity contribution is 0.440.